The summed E-state index contributed by atoms with van der Waals surface area (Å²) in [5.74, 6) is 1.01. The second-order valence-electron chi connectivity index (χ2n) is 11.3. The second-order valence-corrected chi connectivity index (χ2v) is 11.3. The summed E-state index contributed by atoms with van der Waals surface area (Å²) in [5, 5.41) is 0. The van der Waals surface area contributed by atoms with Gasteiger partial charge in [0, 0.05) is 43.3 Å². The highest BCUT2D eigenvalue weighted by Gasteiger charge is 2.41. The number of benzene rings is 3. The van der Waals surface area contributed by atoms with Crippen molar-refractivity contribution in [3.05, 3.63) is 94.0 Å². The highest BCUT2D eigenvalue weighted by Crippen LogP contribution is 2.44. The van der Waals surface area contributed by atoms with Crippen LogP contribution in [0, 0.1) is 20.8 Å². The van der Waals surface area contributed by atoms with E-state index in [1.807, 2.05) is 41.3 Å². The smallest absolute Gasteiger partial charge is 0.315 e. The first-order valence-electron chi connectivity index (χ1n) is 13.7. The van der Waals surface area contributed by atoms with Crippen molar-refractivity contribution in [2.45, 2.75) is 64.6 Å². The minimum absolute atomic E-state index is 0.0654. The van der Waals surface area contributed by atoms with Crippen molar-refractivity contribution in [1.29, 1.82) is 0 Å². The van der Waals surface area contributed by atoms with Crippen LogP contribution >= 0.6 is 0 Å². The van der Waals surface area contributed by atoms with E-state index in [-0.39, 0.29) is 23.7 Å². The molecule has 3 aromatic carbocycles. The lowest BCUT2D eigenvalue weighted by Gasteiger charge is -2.43. The van der Waals surface area contributed by atoms with E-state index >= 15 is 0 Å². The molecule has 2 amide bonds. The fourth-order valence-electron chi connectivity index (χ4n) is 6.44. The van der Waals surface area contributed by atoms with Crippen molar-refractivity contribution in [2.75, 3.05) is 25.4 Å². The van der Waals surface area contributed by atoms with Crippen LogP contribution in [0.3, 0.4) is 0 Å². The predicted molar refractivity (Wildman–Crippen MR) is 153 cm³/mol. The molecule has 6 nitrogen and oxygen atoms in total. The average Bonchev–Trinajstić information content (AvgIpc) is 3.28. The van der Waals surface area contributed by atoms with Gasteiger partial charge in [0.15, 0.2) is 0 Å². The van der Waals surface area contributed by atoms with Crippen LogP contribution in [-0.4, -0.2) is 47.1 Å². The Morgan fingerprint density at radius 3 is 2.05 bits per heavy atom. The Labute approximate surface area is 226 Å². The normalized spacial score (nSPS) is 19.8. The summed E-state index contributed by atoms with van der Waals surface area (Å²) < 4.78 is 6.63. The number of amides is 2. The number of carbonyl (C=O) groups is 1. The van der Waals surface area contributed by atoms with Crippen molar-refractivity contribution >= 4 is 11.7 Å². The van der Waals surface area contributed by atoms with Gasteiger partial charge in [-0.25, -0.2) is 4.79 Å². The number of primary amides is 1. The van der Waals surface area contributed by atoms with Gasteiger partial charge in [-0.1, -0.05) is 60.7 Å². The van der Waals surface area contributed by atoms with E-state index in [1.165, 1.54) is 5.56 Å². The third-order valence-corrected chi connectivity index (χ3v) is 8.61. The lowest BCUT2D eigenvalue weighted by molar-refractivity contribution is 0.0383. The van der Waals surface area contributed by atoms with E-state index in [9.17, 15) is 4.79 Å². The monoisotopic (exact) mass is 512 g/mol. The van der Waals surface area contributed by atoms with Crippen molar-refractivity contribution in [2.24, 2.45) is 5.73 Å². The quantitative estimate of drug-likeness (QED) is 0.426. The van der Waals surface area contributed by atoms with E-state index in [1.54, 1.807) is 0 Å². The molecule has 1 fully saturated rings. The molecule has 1 atom stereocenters. The number of piperidine rings is 1. The summed E-state index contributed by atoms with van der Waals surface area (Å²) in [6.07, 6.45) is 2.59. The van der Waals surface area contributed by atoms with E-state index < -0.39 is 0 Å². The highest BCUT2D eigenvalue weighted by molar-refractivity contribution is 5.74. The molecule has 0 aromatic heterocycles. The van der Waals surface area contributed by atoms with E-state index in [2.05, 4.69) is 56.9 Å². The summed E-state index contributed by atoms with van der Waals surface area (Å²) in [6, 6.07) is 19.9. The van der Waals surface area contributed by atoms with Crippen molar-refractivity contribution in [3.63, 3.8) is 0 Å². The molecule has 1 unspecified atom stereocenters. The minimum atomic E-state index is -0.374. The molecule has 0 spiro atoms. The largest absolute Gasteiger partial charge is 0.485 e. The topological polar surface area (TPSA) is 84.8 Å². The summed E-state index contributed by atoms with van der Waals surface area (Å²) in [4.78, 5) is 17.3. The van der Waals surface area contributed by atoms with Gasteiger partial charge in [0.1, 0.15) is 11.4 Å². The molecule has 38 heavy (non-hydrogen) atoms. The van der Waals surface area contributed by atoms with Crippen molar-refractivity contribution < 1.29 is 9.53 Å². The number of rotatable bonds is 6. The van der Waals surface area contributed by atoms with Gasteiger partial charge in [-0.15, -0.1) is 0 Å². The number of nitrogens with two attached hydrogens (primary N) is 2. The zero-order chi connectivity index (χ0) is 27.0. The van der Waals surface area contributed by atoms with Gasteiger partial charge in [0.05, 0.1) is 6.04 Å². The molecule has 2 heterocycles. The van der Waals surface area contributed by atoms with Crippen molar-refractivity contribution in [1.82, 2.24) is 9.80 Å². The maximum atomic E-state index is 12.9. The Morgan fingerprint density at radius 1 is 0.974 bits per heavy atom. The number of hydrogen-bond donors (Lipinski definition) is 2. The molecular weight excluding hydrogens is 472 g/mol. The van der Waals surface area contributed by atoms with Crippen LogP contribution < -0.4 is 16.2 Å². The molecule has 0 radical (unpaired) electrons. The molecule has 6 heteroatoms. The predicted octanol–water partition coefficient (Wildman–Crippen LogP) is 5.52. The molecule has 200 valence electrons. The first-order valence-corrected chi connectivity index (χ1v) is 13.7. The Morgan fingerprint density at radius 2 is 1.53 bits per heavy atom. The number of nitrogens with zero attached hydrogens (tertiary/aromatic N) is 2. The number of ether oxygens (including phenoxy) is 1. The number of hydrogen-bond acceptors (Lipinski definition) is 4. The standard InChI is InChI=1S/C32H40N4O2/c1-21-22(2)30-27(23(3)28(21)33)19-32(4,38-30)20-35-17-15-26(16-18-35)36(31(34)37)29(24-11-7-5-8-12-24)25-13-9-6-10-14-25/h5-14,26,29H,15-20,33H2,1-4H3,(H2,34,37). The fraction of sp³-hybridized carbons (Fsp3) is 0.406. The zero-order valence-electron chi connectivity index (χ0n) is 23.0. The number of nitrogen functional groups attached to an aromatic ring is 1. The molecule has 0 aliphatic carbocycles. The van der Waals surface area contributed by atoms with E-state index in [0.717, 1.165) is 78.2 Å². The van der Waals surface area contributed by atoms with E-state index in [0.29, 0.717) is 0 Å². The molecule has 4 N–H and O–H groups in total. The number of carbonyl (C=O) groups excluding carboxylic acids is 1. The molecule has 3 aromatic rings. The third-order valence-electron chi connectivity index (χ3n) is 8.61. The fourth-order valence-corrected chi connectivity index (χ4v) is 6.44. The summed E-state index contributed by atoms with van der Waals surface area (Å²) in [7, 11) is 0. The number of fused-ring (bicyclic) bond motifs is 1. The van der Waals surface area contributed by atoms with Crippen LogP contribution in [0.5, 0.6) is 5.75 Å². The van der Waals surface area contributed by atoms with Gasteiger partial charge in [-0.05, 0) is 68.4 Å². The summed E-state index contributed by atoms with van der Waals surface area (Å²) >= 11 is 0. The van der Waals surface area contributed by atoms with Crippen LogP contribution in [0.1, 0.15) is 59.2 Å². The van der Waals surface area contributed by atoms with Gasteiger partial charge in [0.25, 0.3) is 0 Å². The second kappa shape index (κ2) is 10.3. The van der Waals surface area contributed by atoms with Crippen LogP contribution in [0.25, 0.3) is 0 Å². The van der Waals surface area contributed by atoms with Gasteiger partial charge < -0.3 is 21.1 Å². The average molecular weight is 513 g/mol. The molecule has 0 bridgehead atoms. The first kappa shape index (κ1) is 26.1. The number of likely N-dealkylation sites (tertiary alicyclic amines) is 1. The lowest BCUT2D eigenvalue weighted by atomic mass is 9.90. The Kier molecular flexibility index (Phi) is 7.10. The Bertz CT molecular complexity index is 1220. The maximum Gasteiger partial charge on any atom is 0.315 e. The molecular formula is C32H40N4O2. The van der Waals surface area contributed by atoms with Crippen LogP contribution in [0.2, 0.25) is 0 Å². The van der Waals surface area contributed by atoms with Gasteiger partial charge in [-0.2, -0.15) is 0 Å². The third kappa shape index (κ3) is 4.85. The van der Waals surface area contributed by atoms with Gasteiger partial charge in [0.2, 0.25) is 0 Å². The zero-order valence-corrected chi connectivity index (χ0v) is 23.0. The lowest BCUT2D eigenvalue weighted by Crippen LogP contribution is -2.53. The highest BCUT2D eigenvalue weighted by atomic mass is 16.5. The Balaban J connectivity index is 1.31. The van der Waals surface area contributed by atoms with Crippen molar-refractivity contribution in [3.8, 4) is 5.75 Å². The van der Waals surface area contributed by atoms with Gasteiger partial charge in [-0.3, -0.25) is 4.90 Å². The summed E-state index contributed by atoms with van der Waals surface area (Å²) in [5.41, 5.74) is 19.9. The maximum absolute atomic E-state index is 12.9. The number of anilines is 1. The summed E-state index contributed by atoms with van der Waals surface area (Å²) in [6.45, 7) is 11.1. The Hall–Kier alpha value is -3.51. The molecule has 1 saturated heterocycles. The van der Waals surface area contributed by atoms with Crippen LogP contribution in [0.4, 0.5) is 10.5 Å². The molecule has 0 saturated carbocycles. The van der Waals surface area contributed by atoms with Gasteiger partial charge >= 0.3 is 6.03 Å². The number of urea groups is 1. The minimum Gasteiger partial charge on any atom is -0.485 e. The van der Waals surface area contributed by atoms with E-state index in [4.69, 9.17) is 16.2 Å². The molecule has 2 aliphatic rings. The SMILES string of the molecule is Cc1c(C)c2c(c(C)c1N)CC(C)(CN1CCC(N(C(N)=O)C(c3ccccc3)c3ccccc3)CC1)O2. The molecule has 2 aliphatic heterocycles. The van der Waals surface area contributed by atoms with Crippen LogP contribution in [-0.2, 0) is 6.42 Å². The first-order chi connectivity index (χ1) is 18.2. The van der Waals surface area contributed by atoms with Crippen LogP contribution in [0.15, 0.2) is 60.7 Å². The molecule has 5 rings (SSSR count).